The Hall–Kier alpha value is -3.62. The molecule has 0 unspecified atom stereocenters. The van der Waals surface area contributed by atoms with Gasteiger partial charge in [0.1, 0.15) is 18.0 Å². The lowest BCUT2D eigenvalue weighted by Crippen LogP contribution is -2.35. The summed E-state index contributed by atoms with van der Waals surface area (Å²) in [7, 11) is 0. The fraction of sp³-hybridized carbons (Fsp3) is 0.273. The van der Waals surface area contributed by atoms with Crippen LogP contribution in [0.3, 0.4) is 0 Å². The minimum atomic E-state index is -0.738. The molecule has 0 spiro atoms. The number of hydrogen-bond acceptors (Lipinski definition) is 6. The van der Waals surface area contributed by atoms with Crippen LogP contribution >= 0.6 is 0 Å². The van der Waals surface area contributed by atoms with Crippen LogP contribution in [0.1, 0.15) is 18.4 Å². The first kappa shape index (κ1) is 20.6. The molecule has 160 valence electrons. The standard InChI is InChI=1S/C22H21F2N5O2/c23-17-6-7-18(24)19(13-17)27-21-20(29(30)31)22(26-14-25-21)28-10-8-16(9-11-28)12-15-4-2-1-3-5-15/h1-7,13-14,16H,8-12H2,(H,25,26,27). The number of nitrogens with one attached hydrogen (secondary N) is 1. The van der Waals surface area contributed by atoms with Gasteiger partial charge in [-0.2, -0.15) is 0 Å². The van der Waals surface area contributed by atoms with Crippen LogP contribution in [0.5, 0.6) is 0 Å². The number of nitrogens with zero attached hydrogens (tertiary/aromatic N) is 4. The van der Waals surface area contributed by atoms with E-state index in [1.165, 1.54) is 11.9 Å². The maximum Gasteiger partial charge on any atom is 0.353 e. The van der Waals surface area contributed by atoms with Crippen molar-refractivity contribution in [2.45, 2.75) is 19.3 Å². The Morgan fingerprint density at radius 1 is 1.10 bits per heavy atom. The normalized spacial score (nSPS) is 14.5. The summed E-state index contributed by atoms with van der Waals surface area (Å²) in [6.07, 6.45) is 3.90. The Labute approximate surface area is 177 Å². The van der Waals surface area contributed by atoms with Gasteiger partial charge in [0.25, 0.3) is 0 Å². The van der Waals surface area contributed by atoms with Crippen molar-refractivity contribution in [1.82, 2.24) is 9.97 Å². The zero-order valence-corrected chi connectivity index (χ0v) is 16.7. The van der Waals surface area contributed by atoms with Gasteiger partial charge < -0.3 is 10.2 Å². The molecule has 1 fully saturated rings. The number of halogens is 2. The zero-order chi connectivity index (χ0) is 21.8. The van der Waals surface area contributed by atoms with E-state index in [4.69, 9.17) is 0 Å². The topological polar surface area (TPSA) is 84.2 Å². The molecule has 7 nitrogen and oxygen atoms in total. The average molecular weight is 425 g/mol. The fourth-order valence-electron chi connectivity index (χ4n) is 3.88. The summed E-state index contributed by atoms with van der Waals surface area (Å²) in [5, 5.41) is 14.4. The molecule has 0 aliphatic carbocycles. The summed E-state index contributed by atoms with van der Waals surface area (Å²) in [5.74, 6) is -0.916. The summed E-state index contributed by atoms with van der Waals surface area (Å²) < 4.78 is 27.5. The minimum absolute atomic E-state index is 0.175. The van der Waals surface area contributed by atoms with Crippen LogP contribution in [0.2, 0.25) is 0 Å². The highest BCUT2D eigenvalue weighted by Gasteiger charge is 2.30. The molecule has 0 bridgehead atoms. The van der Waals surface area contributed by atoms with Crippen LogP contribution in [0.4, 0.5) is 31.8 Å². The van der Waals surface area contributed by atoms with Gasteiger partial charge in [-0.3, -0.25) is 10.1 Å². The second-order valence-electron chi connectivity index (χ2n) is 7.52. The number of rotatable bonds is 6. The summed E-state index contributed by atoms with van der Waals surface area (Å²) in [4.78, 5) is 21.1. The lowest BCUT2D eigenvalue weighted by atomic mass is 9.90. The van der Waals surface area contributed by atoms with Crippen molar-refractivity contribution in [3.8, 4) is 0 Å². The third kappa shape index (κ3) is 4.76. The molecule has 4 rings (SSSR count). The SMILES string of the molecule is O=[N+]([O-])c1c(Nc2cc(F)ccc2F)ncnc1N1CCC(Cc2ccccc2)CC1. The second-order valence-corrected chi connectivity index (χ2v) is 7.52. The van der Waals surface area contributed by atoms with Gasteiger partial charge >= 0.3 is 5.69 Å². The largest absolute Gasteiger partial charge is 0.353 e. The molecule has 31 heavy (non-hydrogen) atoms. The van der Waals surface area contributed by atoms with Gasteiger partial charge in [-0.05, 0) is 42.9 Å². The van der Waals surface area contributed by atoms with Crippen molar-refractivity contribution >= 4 is 23.0 Å². The van der Waals surface area contributed by atoms with E-state index in [1.54, 1.807) is 0 Å². The van der Waals surface area contributed by atoms with Crippen LogP contribution in [0.15, 0.2) is 54.9 Å². The molecule has 1 aromatic heterocycles. The molecule has 9 heteroatoms. The maximum atomic E-state index is 14.0. The van der Waals surface area contributed by atoms with Gasteiger partial charge in [-0.15, -0.1) is 0 Å². The summed E-state index contributed by atoms with van der Waals surface area (Å²) >= 11 is 0. The number of aromatic nitrogens is 2. The maximum absolute atomic E-state index is 14.0. The van der Waals surface area contributed by atoms with E-state index < -0.39 is 16.6 Å². The van der Waals surface area contributed by atoms with Gasteiger partial charge in [-0.1, -0.05) is 30.3 Å². The minimum Gasteiger partial charge on any atom is -0.351 e. The van der Waals surface area contributed by atoms with Crippen LogP contribution in [-0.2, 0) is 6.42 Å². The first-order chi connectivity index (χ1) is 15.0. The van der Waals surface area contributed by atoms with E-state index in [1.807, 2.05) is 23.1 Å². The quantitative estimate of drug-likeness (QED) is 0.448. The molecule has 0 atom stereocenters. The van der Waals surface area contributed by atoms with Crippen LogP contribution in [0.25, 0.3) is 0 Å². The third-order valence-electron chi connectivity index (χ3n) is 5.45. The van der Waals surface area contributed by atoms with Crippen molar-refractivity contribution in [2.75, 3.05) is 23.3 Å². The monoisotopic (exact) mass is 425 g/mol. The molecule has 1 saturated heterocycles. The van der Waals surface area contributed by atoms with Gasteiger partial charge in [0, 0.05) is 19.2 Å². The summed E-state index contributed by atoms with van der Waals surface area (Å²) in [5.41, 5.74) is 0.694. The molecule has 2 heterocycles. The highest BCUT2D eigenvalue weighted by Crippen LogP contribution is 2.36. The molecule has 1 aliphatic heterocycles. The van der Waals surface area contributed by atoms with E-state index in [0.29, 0.717) is 19.0 Å². The van der Waals surface area contributed by atoms with E-state index in [-0.39, 0.29) is 23.0 Å². The highest BCUT2D eigenvalue weighted by molar-refractivity contribution is 5.74. The predicted octanol–water partition coefficient (Wildman–Crippen LogP) is 4.87. The van der Waals surface area contributed by atoms with Gasteiger partial charge in [0.2, 0.25) is 11.6 Å². The molecule has 2 aromatic carbocycles. The van der Waals surface area contributed by atoms with Gasteiger partial charge in [0.05, 0.1) is 10.6 Å². The van der Waals surface area contributed by atoms with E-state index in [9.17, 15) is 18.9 Å². The van der Waals surface area contributed by atoms with Crippen molar-refractivity contribution in [2.24, 2.45) is 5.92 Å². The predicted molar refractivity (Wildman–Crippen MR) is 113 cm³/mol. The summed E-state index contributed by atoms with van der Waals surface area (Å²) in [6.45, 7) is 1.23. The van der Waals surface area contributed by atoms with E-state index in [2.05, 4.69) is 27.4 Å². The Morgan fingerprint density at radius 3 is 2.55 bits per heavy atom. The van der Waals surface area contributed by atoms with Gasteiger partial charge in [-0.25, -0.2) is 18.7 Å². The second kappa shape index (κ2) is 9.03. The molecule has 0 saturated carbocycles. The van der Waals surface area contributed by atoms with E-state index in [0.717, 1.165) is 37.5 Å². The van der Waals surface area contributed by atoms with Gasteiger partial charge in [0.15, 0.2) is 0 Å². The number of benzene rings is 2. The molecule has 3 aromatic rings. The summed E-state index contributed by atoms with van der Waals surface area (Å²) in [6, 6.07) is 13.1. The first-order valence-electron chi connectivity index (χ1n) is 10.0. The molecular formula is C22H21F2N5O2. The molecule has 1 aliphatic rings. The number of anilines is 3. The van der Waals surface area contributed by atoms with Crippen molar-refractivity contribution in [3.05, 3.63) is 82.2 Å². The highest BCUT2D eigenvalue weighted by atomic mass is 19.1. The number of hydrogen-bond donors (Lipinski definition) is 1. The van der Waals surface area contributed by atoms with Crippen LogP contribution in [-0.4, -0.2) is 28.0 Å². The Bertz CT molecular complexity index is 1070. The van der Waals surface area contributed by atoms with Crippen molar-refractivity contribution < 1.29 is 13.7 Å². The zero-order valence-electron chi connectivity index (χ0n) is 16.7. The Balaban J connectivity index is 1.53. The third-order valence-corrected chi connectivity index (χ3v) is 5.45. The number of nitro groups is 1. The molecule has 0 amide bonds. The number of piperidine rings is 1. The fourth-order valence-corrected chi connectivity index (χ4v) is 3.88. The lowest BCUT2D eigenvalue weighted by molar-refractivity contribution is -0.383. The molecular weight excluding hydrogens is 404 g/mol. The van der Waals surface area contributed by atoms with Crippen LogP contribution < -0.4 is 10.2 Å². The average Bonchev–Trinajstić information content (AvgIpc) is 2.77. The Kier molecular flexibility index (Phi) is 6.01. The smallest absolute Gasteiger partial charge is 0.351 e. The Morgan fingerprint density at radius 2 is 1.84 bits per heavy atom. The lowest BCUT2D eigenvalue weighted by Gasteiger charge is -2.32. The van der Waals surface area contributed by atoms with E-state index >= 15 is 0 Å². The van der Waals surface area contributed by atoms with Crippen molar-refractivity contribution in [3.63, 3.8) is 0 Å². The molecule has 0 radical (unpaired) electrons. The van der Waals surface area contributed by atoms with Crippen LogP contribution in [0, 0.1) is 27.7 Å². The van der Waals surface area contributed by atoms with Crippen molar-refractivity contribution in [1.29, 1.82) is 0 Å². The molecule has 1 N–H and O–H groups in total. The first-order valence-corrected chi connectivity index (χ1v) is 10.0.